The average molecular weight is 360 g/mol. The fourth-order valence-electron chi connectivity index (χ4n) is 2.65. The molecule has 0 unspecified atom stereocenters. The number of thiophene rings is 1. The molecule has 5 nitrogen and oxygen atoms in total. The molecule has 124 valence electrons. The lowest BCUT2D eigenvalue weighted by atomic mass is 10.2. The van der Waals surface area contributed by atoms with Gasteiger partial charge in [-0.1, -0.05) is 30.3 Å². The molecule has 1 aliphatic carbocycles. The summed E-state index contributed by atoms with van der Waals surface area (Å²) in [4.78, 5) is 12.9. The standard InChI is InChI=1S/C17H16N2O3S2/c20-16-15(10-18-13-6-7-13)24(21,22)19(14-8-9-23-17(14)16)11-12-4-2-1-3-5-12/h1-5,8-10,13,18H,6-7,11H2/b15-10-. The van der Waals surface area contributed by atoms with Crippen molar-refractivity contribution in [2.45, 2.75) is 25.4 Å². The van der Waals surface area contributed by atoms with Crippen LogP contribution >= 0.6 is 11.3 Å². The predicted molar refractivity (Wildman–Crippen MR) is 94.4 cm³/mol. The topological polar surface area (TPSA) is 66.5 Å². The molecule has 0 bridgehead atoms. The van der Waals surface area contributed by atoms with Crippen LogP contribution in [-0.4, -0.2) is 20.2 Å². The van der Waals surface area contributed by atoms with Gasteiger partial charge in [-0.05, 0) is 29.9 Å². The summed E-state index contributed by atoms with van der Waals surface area (Å²) in [5, 5.41) is 4.79. The van der Waals surface area contributed by atoms with Crippen LogP contribution in [0, 0.1) is 0 Å². The molecule has 2 aliphatic rings. The number of rotatable bonds is 4. The molecule has 1 aliphatic heterocycles. The van der Waals surface area contributed by atoms with Gasteiger partial charge in [0.1, 0.15) is 4.88 Å². The number of sulfonamides is 1. The number of nitrogens with zero attached hydrogens (tertiary/aromatic N) is 1. The van der Waals surface area contributed by atoms with E-state index in [9.17, 15) is 13.2 Å². The zero-order valence-electron chi connectivity index (χ0n) is 12.8. The summed E-state index contributed by atoms with van der Waals surface area (Å²) in [7, 11) is -3.87. The van der Waals surface area contributed by atoms with Gasteiger partial charge in [-0.2, -0.15) is 0 Å². The monoisotopic (exact) mass is 360 g/mol. The molecule has 1 aromatic heterocycles. The molecule has 4 rings (SSSR count). The molecule has 0 radical (unpaired) electrons. The van der Waals surface area contributed by atoms with Gasteiger partial charge in [-0.15, -0.1) is 11.3 Å². The predicted octanol–water partition coefficient (Wildman–Crippen LogP) is 2.87. The Kier molecular flexibility index (Phi) is 3.69. The maximum absolute atomic E-state index is 13.0. The molecule has 1 aromatic carbocycles. The first-order valence-corrected chi connectivity index (χ1v) is 10.0. The van der Waals surface area contributed by atoms with E-state index in [-0.39, 0.29) is 17.5 Å². The van der Waals surface area contributed by atoms with Crippen LogP contribution in [0.25, 0.3) is 0 Å². The second-order valence-electron chi connectivity index (χ2n) is 5.91. The summed E-state index contributed by atoms with van der Waals surface area (Å²) < 4.78 is 27.4. The van der Waals surface area contributed by atoms with Crippen molar-refractivity contribution in [2.75, 3.05) is 4.31 Å². The fraction of sp³-hybridized carbons (Fsp3) is 0.235. The molecule has 0 spiro atoms. The lowest BCUT2D eigenvalue weighted by Crippen LogP contribution is -2.38. The van der Waals surface area contributed by atoms with Gasteiger partial charge in [0.05, 0.1) is 12.2 Å². The number of allylic oxidation sites excluding steroid dienone is 1. The zero-order chi connectivity index (χ0) is 16.7. The number of hydrogen-bond acceptors (Lipinski definition) is 5. The summed E-state index contributed by atoms with van der Waals surface area (Å²) in [6.07, 6.45) is 3.40. The van der Waals surface area contributed by atoms with Gasteiger partial charge >= 0.3 is 0 Å². The summed E-state index contributed by atoms with van der Waals surface area (Å²) in [6, 6.07) is 11.4. The molecule has 0 saturated heterocycles. The molecule has 1 saturated carbocycles. The minimum Gasteiger partial charge on any atom is -0.387 e. The van der Waals surface area contributed by atoms with E-state index in [2.05, 4.69) is 5.32 Å². The third-order valence-corrected chi connectivity index (χ3v) is 6.78. The summed E-state index contributed by atoms with van der Waals surface area (Å²) in [5.74, 6) is -0.419. The minimum absolute atomic E-state index is 0.166. The lowest BCUT2D eigenvalue weighted by molar-refractivity contribution is 0.104. The van der Waals surface area contributed by atoms with Crippen molar-refractivity contribution in [3.8, 4) is 0 Å². The van der Waals surface area contributed by atoms with Crippen molar-refractivity contribution < 1.29 is 13.2 Å². The molecule has 1 fully saturated rings. The van der Waals surface area contributed by atoms with Gasteiger partial charge in [0.15, 0.2) is 4.91 Å². The van der Waals surface area contributed by atoms with E-state index >= 15 is 0 Å². The first-order chi connectivity index (χ1) is 11.6. The van der Waals surface area contributed by atoms with E-state index in [4.69, 9.17) is 0 Å². The number of Topliss-reactive ketones (excluding diaryl/α,β-unsaturated/α-hetero) is 1. The number of carbonyl (C=O) groups is 1. The van der Waals surface area contributed by atoms with E-state index in [0.29, 0.717) is 10.6 Å². The quantitative estimate of drug-likeness (QED) is 0.852. The molecule has 2 aromatic rings. The number of carbonyl (C=O) groups excluding carboxylic acids is 1. The highest BCUT2D eigenvalue weighted by Crippen LogP contribution is 2.39. The van der Waals surface area contributed by atoms with Crippen LogP contribution in [0.15, 0.2) is 52.9 Å². The van der Waals surface area contributed by atoms with Gasteiger partial charge in [-0.25, -0.2) is 8.42 Å². The molecule has 0 amide bonds. The largest absolute Gasteiger partial charge is 0.387 e. The van der Waals surface area contributed by atoms with Crippen molar-refractivity contribution in [3.63, 3.8) is 0 Å². The normalized spacial score (nSPS) is 20.9. The summed E-state index contributed by atoms with van der Waals surface area (Å²) >= 11 is 1.28. The van der Waals surface area contributed by atoms with Crippen LogP contribution in [0.4, 0.5) is 5.69 Å². The number of nitrogens with one attached hydrogen (secondary N) is 1. The van der Waals surface area contributed by atoms with Crippen LogP contribution in [0.2, 0.25) is 0 Å². The van der Waals surface area contributed by atoms with Crippen LogP contribution in [0.5, 0.6) is 0 Å². The Labute approximate surface area is 144 Å². The van der Waals surface area contributed by atoms with E-state index in [1.54, 1.807) is 11.4 Å². The van der Waals surface area contributed by atoms with Crippen molar-refractivity contribution in [1.29, 1.82) is 0 Å². The second-order valence-corrected chi connectivity index (χ2v) is 8.66. The van der Waals surface area contributed by atoms with E-state index in [0.717, 1.165) is 18.4 Å². The van der Waals surface area contributed by atoms with Crippen LogP contribution in [-0.2, 0) is 16.6 Å². The van der Waals surface area contributed by atoms with E-state index in [1.165, 1.54) is 21.8 Å². The average Bonchev–Trinajstić information content (AvgIpc) is 3.26. The third kappa shape index (κ3) is 2.63. The molecular weight excluding hydrogens is 344 g/mol. The Morgan fingerprint density at radius 1 is 1.21 bits per heavy atom. The third-order valence-electron chi connectivity index (χ3n) is 4.11. The molecule has 1 N–H and O–H groups in total. The van der Waals surface area contributed by atoms with Crippen molar-refractivity contribution >= 4 is 32.8 Å². The number of ketones is 1. The Hall–Kier alpha value is -2.12. The highest BCUT2D eigenvalue weighted by atomic mass is 32.2. The SMILES string of the molecule is O=C1/C(=C/NC2CC2)S(=O)(=O)N(Cc2ccccc2)c2ccsc21. The fourth-order valence-corrected chi connectivity index (χ4v) is 5.14. The van der Waals surface area contributed by atoms with Gasteiger partial charge < -0.3 is 5.32 Å². The van der Waals surface area contributed by atoms with Crippen LogP contribution < -0.4 is 9.62 Å². The highest BCUT2D eigenvalue weighted by molar-refractivity contribution is 7.97. The molecule has 24 heavy (non-hydrogen) atoms. The van der Waals surface area contributed by atoms with Crippen LogP contribution in [0.3, 0.4) is 0 Å². The molecule has 0 atom stereocenters. The maximum Gasteiger partial charge on any atom is 0.270 e. The maximum atomic E-state index is 13.0. The van der Waals surface area contributed by atoms with E-state index < -0.39 is 15.8 Å². The van der Waals surface area contributed by atoms with Gasteiger partial charge in [0.25, 0.3) is 10.0 Å². The van der Waals surface area contributed by atoms with Crippen LogP contribution in [0.1, 0.15) is 28.1 Å². The molecule has 2 heterocycles. The summed E-state index contributed by atoms with van der Waals surface area (Å²) in [5.41, 5.74) is 1.35. The smallest absolute Gasteiger partial charge is 0.270 e. The Morgan fingerprint density at radius 3 is 2.67 bits per heavy atom. The molecule has 7 heteroatoms. The first kappa shape index (κ1) is 15.4. The number of anilines is 1. The second kappa shape index (κ2) is 5.75. The Balaban J connectivity index is 1.78. The van der Waals surface area contributed by atoms with Gasteiger partial charge in [0.2, 0.25) is 5.78 Å². The van der Waals surface area contributed by atoms with Crippen molar-refractivity contribution in [1.82, 2.24) is 5.32 Å². The van der Waals surface area contributed by atoms with Crippen molar-refractivity contribution in [2.24, 2.45) is 0 Å². The van der Waals surface area contributed by atoms with Crippen molar-refractivity contribution in [3.05, 3.63) is 63.3 Å². The first-order valence-electron chi connectivity index (χ1n) is 7.72. The summed E-state index contributed by atoms with van der Waals surface area (Å²) in [6.45, 7) is 0.209. The highest BCUT2D eigenvalue weighted by Gasteiger charge is 2.41. The number of hydrogen-bond donors (Lipinski definition) is 1. The Bertz CT molecular complexity index is 912. The van der Waals surface area contributed by atoms with Gasteiger partial charge in [0, 0.05) is 12.2 Å². The molecular formula is C17H16N2O3S2. The van der Waals surface area contributed by atoms with Gasteiger partial charge in [-0.3, -0.25) is 9.10 Å². The minimum atomic E-state index is -3.87. The lowest BCUT2D eigenvalue weighted by Gasteiger charge is -2.29. The number of fused-ring (bicyclic) bond motifs is 1. The van der Waals surface area contributed by atoms with E-state index in [1.807, 2.05) is 30.3 Å². The zero-order valence-corrected chi connectivity index (χ0v) is 14.4. The number of benzene rings is 1. The Morgan fingerprint density at radius 2 is 1.96 bits per heavy atom.